The summed E-state index contributed by atoms with van der Waals surface area (Å²) in [5.74, 6) is -0.184. The van der Waals surface area contributed by atoms with Crippen molar-refractivity contribution in [2.75, 3.05) is 12.4 Å². The summed E-state index contributed by atoms with van der Waals surface area (Å²) in [4.78, 5) is 24.8. The van der Waals surface area contributed by atoms with Gasteiger partial charge in [0.25, 0.3) is 5.91 Å². The summed E-state index contributed by atoms with van der Waals surface area (Å²) in [5, 5.41) is 3.47. The molecule has 3 aromatic rings. The summed E-state index contributed by atoms with van der Waals surface area (Å²) in [7, 11) is 1.44. The second-order valence-corrected chi connectivity index (χ2v) is 7.45. The zero-order valence-electron chi connectivity index (χ0n) is 16.4. The summed E-state index contributed by atoms with van der Waals surface area (Å²) in [6.45, 7) is 1.97. The number of methoxy groups -OCH3 is 1. The number of halogens is 2. The molecule has 0 aliphatic rings. The minimum absolute atomic E-state index is 0.182. The molecule has 0 unspecified atom stereocenters. The molecular formula is C24H19Cl2NO3. The second-order valence-electron chi connectivity index (χ2n) is 6.61. The highest BCUT2D eigenvalue weighted by Gasteiger charge is 2.14. The van der Waals surface area contributed by atoms with Gasteiger partial charge in [0.1, 0.15) is 5.75 Å². The van der Waals surface area contributed by atoms with Gasteiger partial charge in [-0.15, -0.1) is 0 Å². The van der Waals surface area contributed by atoms with Crippen LogP contribution >= 0.6 is 23.2 Å². The quantitative estimate of drug-likeness (QED) is 0.354. The predicted molar refractivity (Wildman–Crippen MR) is 122 cm³/mol. The first-order valence-electron chi connectivity index (χ1n) is 9.11. The van der Waals surface area contributed by atoms with Crippen LogP contribution in [0.1, 0.15) is 31.8 Å². The number of carbonyl (C=O) groups is 2. The van der Waals surface area contributed by atoms with Gasteiger partial charge in [0.15, 0.2) is 5.78 Å². The largest absolute Gasteiger partial charge is 0.494 e. The molecule has 152 valence electrons. The number of ether oxygens (including phenoxy) is 1. The number of hydrogen-bond acceptors (Lipinski definition) is 3. The fourth-order valence-electron chi connectivity index (χ4n) is 2.80. The van der Waals surface area contributed by atoms with E-state index in [-0.39, 0.29) is 28.0 Å². The highest BCUT2D eigenvalue weighted by molar-refractivity contribution is 6.36. The number of benzene rings is 3. The van der Waals surface area contributed by atoms with E-state index in [0.717, 1.165) is 11.1 Å². The first-order valence-corrected chi connectivity index (χ1v) is 9.86. The molecule has 1 N–H and O–H groups in total. The van der Waals surface area contributed by atoms with Crippen molar-refractivity contribution < 1.29 is 14.3 Å². The van der Waals surface area contributed by atoms with Gasteiger partial charge >= 0.3 is 0 Å². The zero-order valence-corrected chi connectivity index (χ0v) is 17.9. The lowest BCUT2D eigenvalue weighted by Crippen LogP contribution is -2.11. The summed E-state index contributed by atoms with van der Waals surface area (Å²) in [6, 6.07) is 17.5. The summed E-state index contributed by atoms with van der Waals surface area (Å²) < 4.78 is 5.21. The number of amides is 1. The van der Waals surface area contributed by atoms with E-state index in [1.807, 2.05) is 19.1 Å². The van der Waals surface area contributed by atoms with E-state index in [1.54, 1.807) is 42.5 Å². The number of aryl methyl sites for hydroxylation is 1. The van der Waals surface area contributed by atoms with Crippen LogP contribution in [-0.4, -0.2) is 18.8 Å². The fourth-order valence-corrected chi connectivity index (χ4v) is 3.37. The van der Waals surface area contributed by atoms with E-state index in [9.17, 15) is 9.59 Å². The summed E-state index contributed by atoms with van der Waals surface area (Å²) in [5.41, 5.74) is 3.42. The lowest BCUT2D eigenvalue weighted by molar-refractivity contribution is 0.102. The van der Waals surface area contributed by atoms with Gasteiger partial charge in [-0.3, -0.25) is 9.59 Å². The molecule has 0 radical (unpaired) electrons. The van der Waals surface area contributed by atoms with Crippen LogP contribution in [0.3, 0.4) is 0 Å². The van der Waals surface area contributed by atoms with Gasteiger partial charge in [-0.25, -0.2) is 0 Å². The van der Waals surface area contributed by atoms with Crippen LogP contribution in [0.2, 0.25) is 10.0 Å². The highest BCUT2D eigenvalue weighted by Crippen LogP contribution is 2.32. The van der Waals surface area contributed by atoms with Crippen molar-refractivity contribution in [3.8, 4) is 5.75 Å². The third-order valence-electron chi connectivity index (χ3n) is 4.39. The predicted octanol–water partition coefficient (Wildman–Crippen LogP) is 6.46. The number of rotatable bonds is 6. The molecule has 4 nitrogen and oxygen atoms in total. The number of nitrogens with one attached hydrogen (secondary N) is 1. The molecule has 0 fully saturated rings. The number of ketones is 1. The molecule has 0 heterocycles. The van der Waals surface area contributed by atoms with Gasteiger partial charge in [-0.1, -0.05) is 59.1 Å². The molecule has 3 rings (SSSR count). The first-order chi connectivity index (χ1) is 14.4. The number of hydrogen-bond donors (Lipinski definition) is 1. The number of anilines is 1. The van der Waals surface area contributed by atoms with Crippen LogP contribution in [0.5, 0.6) is 5.75 Å². The van der Waals surface area contributed by atoms with Crippen molar-refractivity contribution in [3.63, 3.8) is 0 Å². The van der Waals surface area contributed by atoms with Gasteiger partial charge in [0.2, 0.25) is 0 Å². The molecular weight excluding hydrogens is 421 g/mol. The minimum Gasteiger partial charge on any atom is -0.494 e. The van der Waals surface area contributed by atoms with Gasteiger partial charge in [0, 0.05) is 16.3 Å². The van der Waals surface area contributed by atoms with E-state index in [2.05, 4.69) is 5.32 Å². The number of carbonyl (C=O) groups excluding carboxylic acids is 2. The van der Waals surface area contributed by atoms with Crippen molar-refractivity contribution >= 4 is 46.7 Å². The Hall–Kier alpha value is -3.08. The Morgan fingerprint density at radius 2 is 1.63 bits per heavy atom. The molecule has 30 heavy (non-hydrogen) atoms. The third kappa shape index (κ3) is 5.29. The molecule has 0 atom stereocenters. The molecule has 0 spiro atoms. The molecule has 0 aromatic heterocycles. The normalized spacial score (nSPS) is 10.8. The fraction of sp³-hybridized carbons (Fsp3) is 0.0833. The topological polar surface area (TPSA) is 55.4 Å². The van der Waals surface area contributed by atoms with Crippen LogP contribution in [-0.2, 0) is 0 Å². The van der Waals surface area contributed by atoms with Crippen LogP contribution in [0.4, 0.5) is 5.69 Å². The SMILES string of the molecule is COc1c(Cl)cc(Cl)cc1C(=O)/C=C\c1ccc(NC(=O)c2ccc(C)cc2)cc1. The average molecular weight is 440 g/mol. The highest BCUT2D eigenvalue weighted by atomic mass is 35.5. The lowest BCUT2D eigenvalue weighted by Gasteiger charge is -2.08. The Kier molecular flexibility index (Phi) is 6.93. The maximum atomic E-state index is 12.6. The van der Waals surface area contributed by atoms with Crippen molar-refractivity contribution in [1.82, 2.24) is 0 Å². The minimum atomic E-state index is -0.284. The number of allylic oxidation sites excluding steroid dienone is 1. The molecule has 0 aliphatic heterocycles. The maximum absolute atomic E-state index is 12.6. The van der Waals surface area contributed by atoms with Gasteiger partial charge in [-0.05, 0) is 55.0 Å². The van der Waals surface area contributed by atoms with Crippen LogP contribution in [0, 0.1) is 6.92 Å². The van der Waals surface area contributed by atoms with E-state index < -0.39 is 0 Å². The van der Waals surface area contributed by atoms with Crippen LogP contribution in [0.15, 0.2) is 66.7 Å². The standard InChI is InChI=1S/C24H19Cl2NO3/c1-15-3-8-17(9-4-15)24(29)27-19-10-5-16(6-11-19)7-12-22(28)20-13-18(25)14-21(26)23(20)30-2/h3-14H,1-2H3,(H,27,29)/b12-7-. The Labute approximate surface area is 185 Å². The second kappa shape index (κ2) is 9.61. The first kappa shape index (κ1) is 21.6. The van der Waals surface area contributed by atoms with E-state index in [4.69, 9.17) is 27.9 Å². The Morgan fingerprint density at radius 3 is 2.27 bits per heavy atom. The molecule has 1 amide bonds. The van der Waals surface area contributed by atoms with Crippen LogP contribution < -0.4 is 10.1 Å². The maximum Gasteiger partial charge on any atom is 0.255 e. The van der Waals surface area contributed by atoms with Gasteiger partial charge < -0.3 is 10.1 Å². The molecule has 3 aromatic carbocycles. The monoisotopic (exact) mass is 439 g/mol. The van der Waals surface area contributed by atoms with Crippen molar-refractivity contribution in [1.29, 1.82) is 0 Å². The van der Waals surface area contributed by atoms with Gasteiger partial charge in [-0.2, -0.15) is 0 Å². The van der Waals surface area contributed by atoms with E-state index in [1.165, 1.54) is 25.3 Å². The molecule has 0 aliphatic carbocycles. The molecule has 6 heteroatoms. The average Bonchev–Trinajstić information content (AvgIpc) is 2.73. The Balaban J connectivity index is 1.70. The van der Waals surface area contributed by atoms with E-state index in [0.29, 0.717) is 16.3 Å². The van der Waals surface area contributed by atoms with Crippen molar-refractivity contribution in [2.24, 2.45) is 0 Å². The summed E-state index contributed by atoms with van der Waals surface area (Å²) in [6.07, 6.45) is 3.09. The Morgan fingerprint density at radius 1 is 0.967 bits per heavy atom. The van der Waals surface area contributed by atoms with Gasteiger partial charge in [0.05, 0.1) is 17.7 Å². The molecule has 0 bridgehead atoms. The van der Waals surface area contributed by atoms with Crippen molar-refractivity contribution in [2.45, 2.75) is 6.92 Å². The molecule has 0 saturated carbocycles. The third-order valence-corrected chi connectivity index (χ3v) is 4.89. The van der Waals surface area contributed by atoms with E-state index >= 15 is 0 Å². The lowest BCUT2D eigenvalue weighted by atomic mass is 10.1. The molecule has 0 saturated heterocycles. The zero-order chi connectivity index (χ0) is 21.7. The Bertz CT molecular complexity index is 1100. The van der Waals surface area contributed by atoms with Crippen LogP contribution in [0.25, 0.3) is 6.08 Å². The smallest absolute Gasteiger partial charge is 0.255 e. The van der Waals surface area contributed by atoms with Crippen molar-refractivity contribution in [3.05, 3.63) is 99.0 Å². The summed E-state index contributed by atoms with van der Waals surface area (Å²) >= 11 is 12.1.